The molecule has 11 heteroatoms. The maximum absolute atomic E-state index is 13.6. The first kappa shape index (κ1) is 25.8. The van der Waals surface area contributed by atoms with Crippen molar-refractivity contribution in [1.29, 1.82) is 5.26 Å². The van der Waals surface area contributed by atoms with E-state index in [-0.39, 0.29) is 22.7 Å². The second kappa shape index (κ2) is 9.78. The van der Waals surface area contributed by atoms with Crippen LogP contribution in [0, 0.1) is 11.3 Å². The van der Waals surface area contributed by atoms with Gasteiger partial charge < -0.3 is 10.2 Å². The number of rotatable bonds is 6. The second-order valence-corrected chi connectivity index (χ2v) is 9.76. The van der Waals surface area contributed by atoms with Crippen molar-refractivity contribution in [2.45, 2.75) is 50.5 Å². The van der Waals surface area contributed by atoms with Crippen molar-refractivity contribution in [3.63, 3.8) is 0 Å². The van der Waals surface area contributed by atoms with E-state index < -0.39 is 23.0 Å². The normalized spacial score (nSPS) is 17.4. The van der Waals surface area contributed by atoms with Crippen molar-refractivity contribution in [2.24, 2.45) is 0 Å². The molecule has 1 atom stereocenters. The molecular weight excluding hydrogens is 513 g/mol. The van der Waals surface area contributed by atoms with E-state index >= 15 is 0 Å². The van der Waals surface area contributed by atoms with Gasteiger partial charge in [0.2, 0.25) is 0 Å². The molecule has 2 fully saturated rings. The highest BCUT2D eigenvalue weighted by Crippen LogP contribution is 2.48. The summed E-state index contributed by atoms with van der Waals surface area (Å²) < 4.78 is 40.7. The van der Waals surface area contributed by atoms with Crippen LogP contribution in [0.1, 0.15) is 54.6 Å². The minimum Gasteiger partial charge on any atom is -0.306 e. The van der Waals surface area contributed by atoms with E-state index in [1.54, 1.807) is 17.3 Å². The molecule has 1 amide bonds. The fraction of sp³-hybridized carbons (Fsp3) is 0.296. The van der Waals surface area contributed by atoms with Gasteiger partial charge in [0.05, 0.1) is 17.4 Å². The third kappa shape index (κ3) is 4.40. The van der Waals surface area contributed by atoms with Crippen molar-refractivity contribution in [3.8, 4) is 6.07 Å². The van der Waals surface area contributed by atoms with Crippen LogP contribution < -0.4 is 15.1 Å². The number of carbonyl (C=O) groups is 1. The van der Waals surface area contributed by atoms with Crippen LogP contribution >= 0.6 is 12.2 Å². The summed E-state index contributed by atoms with van der Waals surface area (Å²) in [5.41, 5.74) is -0.171. The highest BCUT2D eigenvalue weighted by molar-refractivity contribution is 7.81. The first-order valence-electron chi connectivity index (χ1n) is 12.0. The summed E-state index contributed by atoms with van der Waals surface area (Å²) in [6.07, 6.45) is 1.65. The van der Waals surface area contributed by atoms with E-state index in [2.05, 4.69) is 22.2 Å². The fourth-order valence-corrected chi connectivity index (χ4v) is 5.36. The molecular formula is C27H23F3N6OS. The number of alkyl halides is 3. The van der Waals surface area contributed by atoms with Gasteiger partial charge in [-0.3, -0.25) is 14.7 Å². The largest absolute Gasteiger partial charge is 0.419 e. The Morgan fingerprint density at radius 3 is 2.42 bits per heavy atom. The predicted octanol–water partition coefficient (Wildman–Crippen LogP) is 5.28. The van der Waals surface area contributed by atoms with Crippen LogP contribution in [0.3, 0.4) is 0 Å². The number of carbonyl (C=O) groups excluding carboxylic acids is 1. The Balaban J connectivity index is 1.40. The molecule has 3 aromatic rings. The Bertz CT molecular complexity index is 1420. The Morgan fingerprint density at radius 1 is 1.16 bits per heavy atom. The average Bonchev–Trinajstić information content (AvgIpc) is 3.13. The molecule has 1 aliphatic heterocycles. The molecule has 1 saturated carbocycles. The Labute approximate surface area is 222 Å². The average molecular weight is 537 g/mol. The van der Waals surface area contributed by atoms with Gasteiger partial charge in [-0.1, -0.05) is 12.1 Å². The number of pyridine rings is 2. The summed E-state index contributed by atoms with van der Waals surface area (Å²) >= 11 is 5.66. The molecule has 0 radical (unpaired) electrons. The third-order valence-corrected chi connectivity index (χ3v) is 7.51. The van der Waals surface area contributed by atoms with E-state index in [9.17, 15) is 18.0 Å². The van der Waals surface area contributed by atoms with E-state index in [0.29, 0.717) is 25.1 Å². The first-order chi connectivity index (χ1) is 18.2. The maximum Gasteiger partial charge on any atom is 0.419 e. The van der Waals surface area contributed by atoms with Gasteiger partial charge in [0.1, 0.15) is 11.6 Å². The highest BCUT2D eigenvalue weighted by Gasteiger charge is 2.59. The molecule has 1 aromatic carbocycles. The SMILES string of the molecule is CC(NCc1ccc(N2C(=S)N(c3cnc(C#N)c(C(F)(F)F)c3)C(=O)C23CCC3)cc1)c1ccncc1. The number of benzene rings is 1. The summed E-state index contributed by atoms with van der Waals surface area (Å²) in [6, 6.07) is 13.9. The number of hydrogen-bond acceptors (Lipinski definition) is 6. The summed E-state index contributed by atoms with van der Waals surface area (Å²) in [5.74, 6) is -0.384. The Hall–Kier alpha value is -3.88. The number of amides is 1. The molecule has 194 valence electrons. The van der Waals surface area contributed by atoms with Gasteiger partial charge in [-0.05, 0) is 79.9 Å². The molecule has 38 heavy (non-hydrogen) atoms. The summed E-state index contributed by atoms with van der Waals surface area (Å²) in [7, 11) is 0. The molecule has 7 nitrogen and oxygen atoms in total. The quantitative estimate of drug-likeness (QED) is 0.429. The number of thiocarbonyl (C=S) groups is 1. The fourth-order valence-electron chi connectivity index (χ4n) is 4.89. The van der Waals surface area contributed by atoms with Crippen molar-refractivity contribution in [2.75, 3.05) is 9.80 Å². The molecule has 5 rings (SSSR count). The molecule has 1 unspecified atom stereocenters. The standard InChI is InChI=1S/C27H23F3N6OS/c1-17(19-7-11-32-12-8-19)33-15-18-3-5-20(6-4-18)36-25(38)35(24(37)26(36)9-2-10-26)21-13-22(27(28,29)30)23(14-31)34-16-21/h3-8,11-13,16-17,33H,2,9-10,15H2,1H3. The van der Waals surface area contributed by atoms with Gasteiger partial charge in [0.15, 0.2) is 10.8 Å². The lowest BCUT2D eigenvalue weighted by molar-refractivity contribution is -0.138. The number of nitrogens with zero attached hydrogens (tertiary/aromatic N) is 5. The number of nitrogens with one attached hydrogen (secondary N) is 1. The van der Waals surface area contributed by atoms with Gasteiger partial charge in [0.25, 0.3) is 5.91 Å². The van der Waals surface area contributed by atoms with E-state index in [0.717, 1.165) is 34.7 Å². The third-order valence-electron chi connectivity index (χ3n) is 7.15. The molecule has 1 aliphatic carbocycles. The van der Waals surface area contributed by atoms with Gasteiger partial charge in [-0.2, -0.15) is 18.4 Å². The summed E-state index contributed by atoms with van der Waals surface area (Å²) in [5, 5.41) is 12.6. The summed E-state index contributed by atoms with van der Waals surface area (Å²) in [4.78, 5) is 24.2. The van der Waals surface area contributed by atoms with Gasteiger partial charge in [0, 0.05) is 30.7 Å². The zero-order valence-electron chi connectivity index (χ0n) is 20.4. The zero-order valence-corrected chi connectivity index (χ0v) is 21.2. The Morgan fingerprint density at radius 2 is 1.84 bits per heavy atom. The van der Waals surface area contributed by atoms with Crippen LogP contribution in [0.25, 0.3) is 0 Å². The monoisotopic (exact) mass is 536 g/mol. The lowest BCUT2D eigenvalue weighted by Gasteiger charge is -2.43. The molecule has 1 spiro atoms. The molecule has 3 heterocycles. The van der Waals surface area contributed by atoms with Crippen molar-refractivity contribution in [1.82, 2.24) is 15.3 Å². The topological polar surface area (TPSA) is 85.1 Å². The van der Waals surface area contributed by atoms with Crippen molar-refractivity contribution >= 4 is 34.6 Å². The minimum absolute atomic E-state index is 0.0894. The van der Waals surface area contributed by atoms with Crippen LogP contribution in [0.2, 0.25) is 0 Å². The van der Waals surface area contributed by atoms with E-state index in [1.807, 2.05) is 36.4 Å². The van der Waals surface area contributed by atoms with Crippen LogP contribution in [0.4, 0.5) is 24.5 Å². The highest BCUT2D eigenvalue weighted by atomic mass is 32.1. The van der Waals surface area contributed by atoms with Gasteiger partial charge in [-0.25, -0.2) is 4.98 Å². The van der Waals surface area contributed by atoms with Crippen LogP contribution in [0.15, 0.2) is 61.1 Å². The van der Waals surface area contributed by atoms with Crippen molar-refractivity contribution in [3.05, 3.63) is 83.4 Å². The Kier molecular flexibility index (Phi) is 6.63. The molecule has 0 bridgehead atoms. The first-order valence-corrected chi connectivity index (χ1v) is 12.4. The second-order valence-electron chi connectivity index (χ2n) is 9.39. The number of hydrogen-bond donors (Lipinski definition) is 1. The van der Waals surface area contributed by atoms with Gasteiger partial charge in [-0.15, -0.1) is 0 Å². The van der Waals surface area contributed by atoms with E-state index in [4.69, 9.17) is 17.5 Å². The molecule has 1 N–H and O–H groups in total. The molecule has 2 aromatic heterocycles. The lowest BCUT2D eigenvalue weighted by Crippen LogP contribution is -2.55. The van der Waals surface area contributed by atoms with Crippen molar-refractivity contribution < 1.29 is 18.0 Å². The van der Waals surface area contributed by atoms with Crippen LogP contribution in [0.5, 0.6) is 0 Å². The number of halogens is 3. The zero-order chi connectivity index (χ0) is 27.1. The minimum atomic E-state index is -4.80. The van der Waals surface area contributed by atoms with Crippen LogP contribution in [-0.2, 0) is 17.5 Å². The summed E-state index contributed by atoms with van der Waals surface area (Å²) in [6.45, 7) is 2.68. The maximum atomic E-state index is 13.6. The van der Waals surface area contributed by atoms with E-state index in [1.165, 1.54) is 6.07 Å². The number of nitriles is 1. The number of aromatic nitrogens is 2. The molecule has 1 saturated heterocycles. The lowest BCUT2D eigenvalue weighted by atomic mass is 9.75. The van der Waals surface area contributed by atoms with Crippen LogP contribution in [-0.4, -0.2) is 26.5 Å². The molecule has 2 aliphatic rings. The number of anilines is 2. The smallest absolute Gasteiger partial charge is 0.306 e. The van der Waals surface area contributed by atoms with Gasteiger partial charge >= 0.3 is 6.18 Å². The predicted molar refractivity (Wildman–Crippen MR) is 139 cm³/mol.